The molecule has 1 unspecified atom stereocenters. The highest BCUT2D eigenvalue weighted by atomic mass is 15.2. The van der Waals surface area contributed by atoms with Crippen molar-refractivity contribution in [3.8, 4) is 0 Å². The standard InChI is InChI=1S/C60H56N4/c1-43-10-20-49(21-11-43)61(50-22-12-44(2)13-23-50)54-30-34-56(35-31-54)63(57-36-32-55(33-37-57)62(51-24-14-45(3)15-25-51)52-26-16-46(4)17-27-52)58-38-40-59(41-39-58)64(53-28-18-47(5)19-29-53)60-9-7-8-48(6)42-60/h7-16,18-42,46H,17H2,1-6H3. The van der Waals surface area contributed by atoms with Gasteiger partial charge in [0, 0.05) is 68.3 Å². The second kappa shape index (κ2) is 18.4. The van der Waals surface area contributed by atoms with Crippen LogP contribution in [-0.4, -0.2) is 0 Å². The van der Waals surface area contributed by atoms with E-state index in [9.17, 15) is 0 Å². The maximum absolute atomic E-state index is 2.37. The molecule has 0 aromatic heterocycles. The molecule has 0 radical (unpaired) electrons. The van der Waals surface area contributed by atoms with E-state index in [1.54, 1.807) is 0 Å². The highest BCUT2D eigenvalue weighted by Gasteiger charge is 2.20. The molecule has 1 aliphatic carbocycles. The van der Waals surface area contributed by atoms with E-state index in [2.05, 4.69) is 273 Å². The van der Waals surface area contributed by atoms with E-state index < -0.39 is 0 Å². The molecule has 0 saturated carbocycles. The molecule has 9 rings (SSSR count). The SMILES string of the molecule is Cc1ccc(N(C2=CCC(C)C=C2)c2ccc(N(c3ccc(N(c4ccc(C)cc4)c4ccc(C)cc4)cc3)c3ccc(N(c4ccc(C)cc4)c4cccc(C)c4)cc3)cc2)cc1. The second-order valence-corrected chi connectivity index (χ2v) is 17.3. The van der Waals surface area contributed by atoms with Crippen LogP contribution in [0.2, 0.25) is 0 Å². The largest absolute Gasteiger partial charge is 0.311 e. The molecule has 0 saturated heterocycles. The molecule has 0 spiro atoms. The molecule has 0 fully saturated rings. The summed E-state index contributed by atoms with van der Waals surface area (Å²) in [6.45, 7) is 13.0. The molecule has 0 bridgehead atoms. The van der Waals surface area contributed by atoms with E-state index in [1.807, 2.05) is 0 Å². The van der Waals surface area contributed by atoms with Crippen molar-refractivity contribution in [2.75, 3.05) is 19.6 Å². The number of allylic oxidation sites excluding steroid dienone is 3. The molecule has 0 amide bonds. The minimum Gasteiger partial charge on any atom is -0.311 e. The summed E-state index contributed by atoms with van der Waals surface area (Å²) in [4.78, 5) is 9.40. The average molecular weight is 833 g/mol. The number of aryl methyl sites for hydroxylation is 5. The van der Waals surface area contributed by atoms with Crippen LogP contribution in [0.5, 0.6) is 0 Å². The summed E-state index contributed by atoms with van der Waals surface area (Å²) in [6, 6.07) is 70.8. The summed E-state index contributed by atoms with van der Waals surface area (Å²) in [7, 11) is 0. The maximum Gasteiger partial charge on any atom is 0.0464 e. The highest BCUT2D eigenvalue weighted by Crippen LogP contribution is 2.43. The quantitative estimate of drug-likeness (QED) is 0.122. The maximum atomic E-state index is 2.37. The van der Waals surface area contributed by atoms with Gasteiger partial charge < -0.3 is 19.6 Å². The summed E-state index contributed by atoms with van der Waals surface area (Å²) >= 11 is 0. The smallest absolute Gasteiger partial charge is 0.0464 e. The number of rotatable bonds is 12. The molecule has 1 atom stereocenters. The Bertz CT molecular complexity index is 2830. The van der Waals surface area contributed by atoms with Gasteiger partial charge in [-0.25, -0.2) is 0 Å². The van der Waals surface area contributed by atoms with E-state index in [-0.39, 0.29) is 0 Å². The van der Waals surface area contributed by atoms with Gasteiger partial charge in [-0.05, 0) is 192 Å². The number of hydrogen-bond donors (Lipinski definition) is 0. The molecule has 1 aliphatic rings. The van der Waals surface area contributed by atoms with Crippen molar-refractivity contribution < 1.29 is 0 Å². The summed E-state index contributed by atoms with van der Waals surface area (Å²) in [5.41, 5.74) is 19.5. The lowest BCUT2D eigenvalue weighted by Crippen LogP contribution is -2.17. The van der Waals surface area contributed by atoms with Crippen LogP contribution in [0, 0.1) is 40.5 Å². The first-order chi connectivity index (χ1) is 31.2. The van der Waals surface area contributed by atoms with Crippen LogP contribution >= 0.6 is 0 Å². The van der Waals surface area contributed by atoms with Crippen molar-refractivity contribution >= 4 is 62.6 Å². The summed E-state index contributed by atoms with van der Waals surface area (Å²) in [5.74, 6) is 0.527. The van der Waals surface area contributed by atoms with Gasteiger partial charge in [0.05, 0.1) is 0 Å². The third-order valence-electron chi connectivity index (χ3n) is 12.1. The fourth-order valence-electron chi connectivity index (χ4n) is 8.47. The van der Waals surface area contributed by atoms with E-state index in [0.717, 1.165) is 69.0 Å². The summed E-state index contributed by atoms with van der Waals surface area (Å²) in [5, 5.41) is 0. The number of nitrogens with zero attached hydrogens (tertiary/aromatic N) is 4. The van der Waals surface area contributed by atoms with Crippen molar-refractivity contribution in [1.82, 2.24) is 0 Å². The van der Waals surface area contributed by atoms with E-state index in [1.165, 1.54) is 33.5 Å². The Balaban J connectivity index is 1.13. The van der Waals surface area contributed by atoms with Crippen LogP contribution < -0.4 is 19.6 Å². The van der Waals surface area contributed by atoms with Crippen molar-refractivity contribution in [2.24, 2.45) is 5.92 Å². The Labute approximate surface area is 380 Å². The van der Waals surface area contributed by atoms with Gasteiger partial charge in [-0.3, -0.25) is 0 Å². The van der Waals surface area contributed by atoms with E-state index in [4.69, 9.17) is 0 Å². The van der Waals surface area contributed by atoms with Gasteiger partial charge in [0.1, 0.15) is 0 Å². The van der Waals surface area contributed by atoms with Crippen molar-refractivity contribution in [3.63, 3.8) is 0 Å². The lowest BCUT2D eigenvalue weighted by molar-refractivity contribution is 0.728. The zero-order valence-corrected chi connectivity index (χ0v) is 37.8. The Kier molecular flexibility index (Phi) is 12.0. The monoisotopic (exact) mass is 832 g/mol. The minimum atomic E-state index is 0.527. The predicted molar refractivity (Wildman–Crippen MR) is 274 cm³/mol. The first kappa shape index (κ1) is 41.8. The molecular weight excluding hydrogens is 777 g/mol. The lowest BCUT2D eigenvalue weighted by atomic mass is 10.0. The lowest BCUT2D eigenvalue weighted by Gasteiger charge is -2.31. The Hall–Kier alpha value is -7.56. The first-order valence-corrected chi connectivity index (χ1v) is 22.4. The number of benzene rings is 8. The molecule has 316 valence electrons. The molecule has 0 aliphatic heterocycles. The molecule has 0 heterocycles. The van der Waals surface area contributed by atoms with Gasteiger partial charge in [0.2, 0.25) is 0 Å². The Morgan fingerprint density at radius 3 is 0.875 bits per heavy atom. The normalized spacial score (nSPS) is 13.3. The topological polar surface area (TPSA) is 13.0 Å². The molecule has 64 heavy (non-hydrogen) atoms. The first-order valence-electron chi connectivity index (χ1n) is 22.4. The van der Waals surface area contributed by atoms with Crippen LogP contribution in [0.4, 0.5) is 62.6 Å². The van der Waals surface area contributed by atoms with Crippen LogP contribution in [0.25, 0.3) is 0 Å². The molecule has 4 nitrogen and oxygen atoms in total. The van der Waals surface area contributed by atoms with Gasteiger partial charge in [0.15, 0.2) is 0 Å². The molecule has 4 heteroatoms. The zero-order chi connectivity index (χ0) is 44.2. The fourth-order valence-corrected chi connectivity index (χ4v) is 8.47. The fraction of sp³-hybridized carbons (Fsp3) is 0.133. The van der Waals surface area contributed by atoms with Crippen LogP contribution in [0.1, 0.15) is 41.2 Å². The average Bonchev–Trinajstić information content (AvgIpc) is 3.31. The van der Waals surface area contributed by atoms with Crippen LogP contribution in [0.15, 0.2) is 218 Å². The van der Waals surface area contributed by atoms with Crippen LogP contribution in [-0.2, 0) is 0 Å². The predicted octanol–water partition coefficient (Wildman–Crippen LogP) is 17.3. The van der Waals surface area contributed by atoms with Gasteiger partial charge in [-0.15, -0.1) is 0 Å². The Morgan fingerprint density at radius 1 is 0.312 bits per heavy atom. The molecule has 8 aromatic rings. The summed E-state index contributed by atoms with van der Waals surface area (Å²) < 4.78 is 0. The van der Waals surface area contributed by atoms with Gasteiger partial charge in [-0.2, -0.15) is 0 Å². The minimum absolute atomic E-state index is 0.527. The van der Waals surface area contributed by atoms with Gasteiger partial charge in [-0.1, -0.05) is 102 Å². The molecule has 8 aromatic carbocycles. The van der Waals surface area contributed by atoms with E-state index in [0.29, 0.717) is 5.92 Å². The number of hydrogen-bond acceptors (Lipinski definition) is 4. The third kappa shape index (κ3) is 9.14. The van der Waals surface area contributed by atoms with E-state index >= 15 is 0 Å². The third-order valence-corrected chi connectivity index (χ3v) is 12.1. The van der Waals surface area contributed by atoms with Crippen molar-refractivity contribution in [2.45, 2.75) is 48.0 Å². The molecular formula is C60H56N4. The zero-order valence-electron chi connectivity index (χ0n) is 37.8. The Morgan fingerprint density at radius 2 is 0.594 bits per heavy atom. The number of anilines is 11. The highest BCUT2D eigenvalue weighted by molar-refractivity contribution is 5.84. The van der Waals surface area contributed by atoms with Crippen molar-refractivity contribution in [1.29, 1.82) is 0 Å². The van der Waals surface area contributed by atoms with Gasteiger partial charge >= 0.3 is 0 Å². The molecule has 0 N–H and O–H groups in total. The van der Waals surface area contributed by atoms with Gasteiger partial charge in [0.25, 0.3) is 0 Å². The van der Waals surface area contributed by atoms with Crippen LogP contribution in [0.3, 0.4) is 0 Å². The second-order valence-electron chi connectivity index (χ2n) is 17.3. The summed E-state index contributed by atoms with van der Waals surface area (Å²) in [6.07, 6.45) is 7.96. The van der Waals surface area contributed by atoms with Crippen molar-refractivity contribution in [3.05, 3.63) is 246 Å².